The summed E-state index contributed by atoms with van der Waals surface area (Å²) in [5.41, 5.74) is 3.57. The zero-order chi connectivity index (χ0) is 27.0. The van der Waals surface area contributed by atoms with Crippen LogP contribution >= 0.6 is 0 Å². The zero-order valence-corrected chi connectivity index (χ0v) is 22.9. The number of carbonyl (C=O) groups excluding carboxylic acids is 1. The van der Waals surface area contributed by atoms with Gasteiger partial charge in [0.15, 0.2) is 6.35 Å². The lowest BCUT2D eigenvalue weighted by atomic mass is 9.82. The lowest BCUT2D eigenvalue weighted by molar-refractivity contribution is -0.0139. The number of likely N-dealkylation sites (N-methyl/N-ethyl adjacent to an activating group) is 1. The van der Waals surface area contributed by atoms with E-state index in [0.717, 1.165) is 52.6 Å². The number of benzene rings is 2. The average molecular weight is 523 g/mol. The monoisotopic (exact) mass is 522 g/mol. The third kappa shape index (κ3) is 4.33. The van der Waals surface area contributed by atoms with Crippen molar-refractivity contribution in [1.82, 2.24) is 14.7 Å². The van der Waals surface area contributed by atoms with Crippen LogP contribution in [-0.2, 0) is 6.54 Å². The van der Waals surface area contributed by atoms with E-state index in [4.69, 9.17) is 14.2 Å². The zero-order valence-electron chi connectivity index (χ0n) is 22.9. The van der Waals surface area contributed by atoms with Crippen LogP contribution in [0, 0.1) is 0 Å². The molecule has 2 unspecified atom stereocenters. The first kappa shape index (κ1) is 26.2. The van der Waals surface area contributed by atoms with E-state index in [-0.39, 0.29) is 11.9 Å². The van der Waals surface area contributed by atoms with Gasteiger partial charge in [-0.05, 0) is 43.5 Å². The molecule has 38 heavy (non-hydrogen) atoms. The van der Waals surface area contributed by atoms with E-state index in [9.17, 15) is 9.90 Å². The van der Waals surface area contributed by atoms with E-state index < -0.39 is 11.9 Å². The molecule has 2 fully saturated rings. The molecule has 2 aromatic carbocycles. The molecule has 9 heteroatoms. The second-order valence-corrected chi connectivity index (χ2v) is 10.2. The van der Waals surface area contributed by atoms with Gasteiger partial charge in [-0.2, -0.15) is 0 Å². The number of fused-ring (bicyclic) bond motifs is 3. The van der Waals surface area contributed by atoms with Gasteiger partial charge in [-0.15, -0.1) is 0 Å². The molecule has 5 rings (SSSR count). The summed E-state index contributed by atoms with van der Waals surface area (Å²) < 4.78 is 16.6. The number of hydrogen-bond acceptors (Lipinski definition) is 7. The predicted octanol–water partition coefficient (Wildman–Crippen LogP) is 4.19. The van der Waals surface area contributed by atoms with Crippen molar-refractivity contribution in [2.75, 3.05) is 46.3 Å². The highest BCUT2D eigenvalue weighted by Crippen LogP contribution is 2.49. The molecular formula is C29H38N4O5. The number of nitrogens with zero attached hydrogens (tertiary/aromatic N) is 3. The first-order valence-electron chi connectivity index (χ1n) is 13.2. The first-order valence-corrected chi connectivity index (χ1v) is 13.2. The average Bonchev–Trinajstić information content (AvgIpc) is 3.03. The van der Waals surface area contributed by atoms with E-state index in [1.807, 2.05) is 58.0 Å². The molecule has 0 radical (unpaired) electrons. The molecule has 3 aliphatic rings. The number of piperidine rings is 1. The Labute approximate surface area is 224 Å². The molecule has 0 saturated carbocycles. The summed E-state index contributed by atoms with van der Waals surface area (Å²) in [7, 11) is 4.94. The molecule has 2 amide bonds. The van der Waals surface area contributed by atoms with E-state index in [2.05, 4.69) is 18.3 Å². The number of methoxy groups -OCH3 is 3. The van der Waals surface area contributed by atoms with Gasteiger partial charge in [0.25, 0.3) is 0 Å². The largest absolute Gasteiger partial charge is 0.497 e. The topological polar surface area (TPSA) is 86.7 Å². The van der Waals surface area contributed by atoms with Crippen molar-refractivity contribution in [2.45, 2.75) is 51.0 Å². The van der Waals surface area contributed by atoms with Crippen LogP contribution in [0.15, 0.2) is 48.2 Å². The highest BCUT2D eigenvalue weighted by Gasteiger charge is 2.55. The smallest absolute Gasteiger partial charge is 0.325 e. The summed E-state index contributed by atoms with van der Waals surface area (Å²) in [4.78, 5) is 19.8. The maximum atomic E-state index is 13.8. The summed E-state index contributed by atoms with van der Waals surface area (Å²) >= 11 is 0. The summed E-state index contributed by atoms with van der Waals surface area (Å²) in [5, 5.41) is 14.2. The highest BCUT2D eigenvalue weighted by atomic mass is 16.5. The Balaban J connectivity index is 1.41. The van der Waals surface area contributed by atoms with Gasteiger partial charge in [-0.25, -0.2) is 4.79 Å². The first-order chi connectivity index (χ1) is 18.3. The standard InChI is InChI=1S/C29H38N4O5/c1-6-33-28(35)32-18-20-15-23(37-4)17-24(38-5)26(20)19(2)14-25(32)29(33)10-12-31(13-11-29)27(34)30-21-8-7-9-22(16-21)36-3/h7-9,14-17,19,27,30,34H,6,10-13,18H2,1-5H3. The SMILES string of the molecule is CCN1C(=O)N2Cc3cc(OC)cc(OC)c3C(C)C=C2C12CCN(C(O)Nc1cccc(OC)c1)CC2. The molecule has 2 saturated heterocycles. The van der Waals surface area contributed by atoms with Gasteiger partial charge in [0.1, 0.15) is 17.2 Å². The number of allylic oxidation sites excluding steroid dienone is 1. The number of amides is 2. The quantitative estimate of drug-likeness (QED) is 0.527. The molecule has 3 heterocycles. The second-order valence-electron chi connectivity index (χ2n) is 10.2. The summed E-state index contributed by atoms with van der Waals surface area (Å²) in [6, 6.07) is 11.5. The van der Waals surface area contributed by atoms with Gasteiger partial charge in [0, 0.05) is 54.6 Å². The van der Waals surface area contributed by atoms with Crippen molar-refractivity contribution < 1.29 is 24.1 Å². The van der Waals surface area contributed by atoms with Crippen LogP contribution in [0.25, 0.3) is 0 Å². The molecule has 2 N–H and O–H groups in total. The molecule has 9 nitrogen and oxygen atoms in total. The normalized spacial score (nSPS) is 21.4. The van der Waals surface area contributed by atoms with Crippen molar-refractivity contribution in [1.29, 1.82) is 0 Å². The number of aliphatic hydroxyl groups excluding tert-OH is 1. The Hall–Kier alpha value is -3.43. The van der Waals surface area contributed by atoms with Crippen LogP contribution < -0.4 is 19.5 Å². The van der Waals surface area contributed by atoms with Crippen LogP contribution in [-0.4, -0.2) is 78.7 Å². The lowest BCUT2D eigenvalue weighted by Crippen LogP contribution is -2.56. The summed E-state index contributed by atoms with van der Waals surface area (Å²) in [5.74, 6) is 2.29. The number of aliphatic hydroxyl groups is 1. The fourth-order valence-corrected chi connectivity index (χ4v) is 6.36. The summed E-state index contributed by atoms with van der Waals surface area (Å²) in [6.45, 7) is 6.59. The predicted molar refractivity (Wildman–Crippen MR) is 146 cm³/mol. The maximum Gasteiger partial charge on any atom is 0.325 e. The van der Waals surface area contributed by atoms with Crippen LogP contribution in [0.5, 0.6) is 17.2 Å². The minimum absolute atomic E-state index is 0.0316. The van der Waals surface area contributed by atoms with Gasteiger partial charge in [-0.1, -0.05) is 19.1 Å². The minimum Gasteiger partial charge on any atom is -0.497 e. The van der Waals surface area contributed by atoms with E-state index in [0.29, 0.717) is 26.2 Å². The molecule has 1 spiro atoms. The number of nitrogens with one attached hydrogen (secondary N) is 1. The minimum atomic E-state index is -0.842. The maximum absolute atomic E-state index is 13.8. The van der Waals surface area contributed by atoms with Gasteiger partial charge in [-0.3, -0.25) is 9.80 Å². The molecule has 3 aliphatic heterocycles. The third-order valence-corrected chi connectivity index (χ3v) is 8.25. The third-order valence-electron chi connectivity index (χ3n) is 8.25. The number of ether oxygens (including phenoxy) is 3. The highest BCUT2D eigenvalue weighted by molar-refractivity contribution is 5.83. The Kier molecular flexibility index (Phi) is 7.15. The molecule has 204 valence electrons. The van der Waals surface area contributed by atoms with Crippen LogP contribution in [0.4, 0.5) is 10.5 Å². The van der Waals surface area contributed by atoms with E-state index in [1.165, 1.54) is 0 Å². The van der Waals surface area contributed by atoms with E-state index in [1.54, 1.807) is 21.3 Å². The van der Waals surface area contributed by atoms with Gasteiger partial charge >= 0.3 is 6.03 Å². The number of urea groups is 1. The van der Waals surface area contributed by atoms with Crippen LogP contribution in [0.1, 0.15) is 43.7 Å². The number of anilines is 1. The molecule has 0 aromatic heterocycles. The summed E-state index contributed by atoms with van der Waals surface area (Å²) in [6.07, 6.45) is 2.87. The molecule has 2 aromatic rings. The van der Waals surface area contributed by atoms with Crippen LogP contribution in [0.2, 0.25) is 0 Å². The molecule has 2 atom stereocenters. The second kappa shape index (κ2) is 10.4. The Bertz CT molecular complexity index is 1220. The number of carbonyl (C=O) groups is 1. The number of likely N-dealkylation sites (tertiary alicyclic amines) is 1. The molecular weight excluding hydrogens is 484 g/mol. The Morgan fingerprint density at radius 3 is 2.47 bits per heavy atom. The Morgan fingerprint density at radius 2 is 1.82 bits per heavy atom. The number of rotatable bonds is 7. The molecule has 0 bridgehead atoms. The lowest BCUT2D eigenvalue weighted by Gasteiger charge is -2.45. The van der Waals surface area contributed by atoms with Crippen LogP contribution in [0.3, 0.4) is 0 Å². The van der Waals surface area contributed by atoms with E-state index >= 15 is 0 Å². The fraction of sp³-hybridized carbons (Fsp3) is 0.483. The van der Waals surface area contributed by atoms with Crippen molar-refractivity contribution in [2.24, 2.45) is 0 Å². The Morgan fingerprint density at radius 1 is 1.08 bits per heavy atom. The van der Waals surface area contributed by atoms with Crippen molar-refractivity contribution >= 4 is 11.7 Å². The van der Waals surface area contributed by atoms with Crippen molar-refractivity contribution in [3.8, 4) is 17.2 Å². The van der Waals surface area contributed by atoms with Gasteiger partial charge in [0.05, 0.1) is 33.4 Å². The van der Waals surface area contributed by atoms with Gasteiger partial charge < -0.3 is 29.5 Å². The van der Waals surface area contributed by atoms with Crippen molar-refractivity contribution in [3.63, 3.8) is 0 Å². The van der Waals surface area contributed by atoms with Gasteiger partial charge in [0.2, 0.25) is 0 Å². The molecule has 0 aliphatic carbocycles. The van der Waals surface area contributed by atoms with Crippen molar-refractivity contribution in [3.05, 3.63) is 59.3 Å². The fourth-order valence-electron chi connectivity index (χ4n) is 6.36. The number of hydrogen-bond donors (Lipinski definition) is 2.